The summed E-state index contributed by atoms with van der Waals surface area (Å²) in [7, 11) is 0. The molecule has 1 saturated heterocycles. The second-order valence-electron chi connectivity index (χ2n) is 8.99. The number of benzene rings is 2. The molecule has 5 aromatic rings. The number of rotatable bonds is 5. The maximum atomic E-state index is 13.1. The van der Waals surface area contributed by atoms with Crippen LogP contribution in [-0.2, 0) is 0 Å². The lowest BCUT2D eigenvalue weighted by Gasteiger charge is -2.33. The maximum absolute atomic E-state index is 13.1. The van der Waals surface area contributed by atoms with Crippen LogP contribution in [0.3, 0.4) is 0 Å². The number of aromatic amines is 2. The third kappa shape index (κ3) is 4.32. The van der Waals surface area contributed by atoms with Gasteiger partial charge in [-0.15, -0.1) is 0 Å². The van der Waals surface area contributed by atoms with E-state index in [1.54, 1.807) is 12.4 Å². The third-order valence-electron chi connectivity index (χ3n) is 6.52. The zero-order valence-corrected chi connectivity index (χ0v) is 19.8. The highest BCUT2D eigenvalue weighted by molar-refractivity contribution is 5.99. The van der Waals surface area contributed by atoms with E-state index < -0.39 is 0 Å². The highest BCUT2D eigenvalue weighted by Gasteiger charge is 2.25. The highest BCUT2D eigenvalue weighted by atomic mass is 16.2. The van der Waals surface area contributed by atoms with Crippen LogP contribution in [0.15, 0.2) is 73.2 Å². The van der Waals surface area contributed by atoms with Gasteiger partial charge in [-0.3, -0.25) is 9.89 Å². The van der Waals surface area contributed by atoms with Crippen LogP contribution in [0, 0.1) is 0 Å². The molecular formula is C27H26N8O. The predicted octanol–water partition coefficient (Wildman–Crippen LogP) is 4.19. The Morgan fingerprint density at radius 1 is 1.06 bits per heavy atom. The Hall–Kier alpha value is -4.50. The van der Waals surface area contributed by atoms with Crippen LogP contribution in [0.2, 0.25) is 0 Å². The van der Waals surface area contributed by atoms with Gasteiger partial charge in [0.2, 0.25) is 0 Å². The summed E-state index contributed by atoms with van der Waals surface area (Å²) in [5.74, 6) is 1.34. The number of amides is 1. The largest absolute Gasteiger partial charge is 0.351 e. The lowest BCUT2D eigenvalue weighted by molar-refractivity contribution is 0.0650. The number of nitrogens with one attached hydrogen (secondary N) is 4. The summed E-state index contributed by atoms with van der Waals surface area (Å²) in [4.78, 5) is 27.5. The molecule has 6 rings (SSSR count). The molecule has 1 aliphatic heterocycles. The number of H-pyrrole nitrogens is 2. The first kappa shape index (κ1) is 22.0. The first-order valence-electron chi connectivity index (χ1n) is 12.0. The molecule has 0 bridgehead atoms. The first-order chi connectivity index (χ1) is 17.6. The van der Waals surface area contributed by atoms with E-state index in [2.05, 4.69) is 37.7 Å². The molecule has 3 aromatic heterocycles. The topological polar surface area (TPSA) is 115 Å². The minimum Gasteiger partial charge on any atom is -0.351 e. The van der Waals surface area contributed by atoms with E-state index in [1.807, 2.05) is 65.7 Å². The van der Waals surface area contributed by atoms with Gasteiger partial charge < -0.3 is 20.5 Å². The molecule has 9 nitrogen and oxygen atoms in total. The quantitative estimate of drug-likeness (QED) is 0.301. The fourth-order valence-electron chi connectivity index (χ4n) is 4.55. The summed E-state index contributed by atoms with van der Waals surface area (Å²) in [5.41, 5.74) is 5.41. The van der Waals surface area contributed by atoms with Crippen molar-refractivity contribution in [2.45, 2.75) is 13.0 Å². The van der Waals surface area contributed by atoms with Crippen LogP contribution in [-0.4, -0.2) is 61.6 Å². The van der Waals surface area contributed by atoms with Crippen molar-refractivity contribution < 1.29 is 4.79 Å². The van der Waals surface area contributed by atoms with Gasteiger partial charge in [0.05, 0.1) is 6.20 Å². The molecule has 0 radical (unpaired) electrons. The summed E-state index contributed by atoms with van der Waals surface area (Å²) >= 11 is 0. The average molecular weight is 479 g/mol. The lowest BCUT2D eigenvalue weighted by atomic mass is 10.1. The Kier molecular flexibility index (Phi) is 5.67. The van der Waals surface area contributed by atoms with Crippen molar-refractivity contribution in [1.29, 1.82) is 0 Å². The van der Waals surface area contributed by atoms with Crippen molar-refractivity contribution in [3.05, 3.63) is 78.9 Å². The van der Waals surface area contributed by atoms with Crippen molar-refractivity contribution >= 4 is 28.3 Å². The second kappa shape index (κ2) is 9.27. The van der Waals surface area contributed by atoms with E-state index in [1.165, 1.54) is 0 Å². The molecule has 180 valence electrons. The summed E-state index contributed by atoms with van der Waals surface area (Å²) in [6.45, 7) is 4.40. The predicted molar refractivity (Wildman–Crippen MR) is 140 cm³/mol. The Morgan fingerprint density at radius 3 is 2.72 bits per heavy atom. The molecule has 1 fully saturated rings. The number of carbonyl (C=O) groups is 1. The lowest BCUT2D eigenvalue weighted by Crippen LogP contribution is -2.52. The van der Waals surface area contributed by atoms with Crippen molar-refractivity contribution in [3.63, 3.8) is 0 Å². The zero-order valence-electron chi connectivity index (χ0n) is 19.8. The number of fused-ring (bicyclic) bond motifs is 1. The molecular weight excluding hydrogens is 452 g/mol. The third-order valence-corrected chi connectivity index (χ3v) is 6.52. The minimum absolute atomic E-state index is 0.0305. The van der Waals surface area contributed by atoms with Crippen molar-refractivity contribution in [1.82, 2.24) is 35.4 Å². The second-order valence-corrected chi connectivity index (χ2v) is 8.99. The fourth-order valence-corrected chi connectivity index (χ4v) is 4.55. The van der Waals surface area contributed by atoms with Gasteiger partial charge >= 0.3 is 0 Å². The van der Waals surface area contributed by atoms with E-state index in [0.29, 0.717) is 23.9 Å². The van der Waals surface area contributed by atoms with Gasteiger partial charge in [-0.2, -0.15) is 5.10 Å². The molecule has 4 N–H and O–H groups in total. The molecule has 2 aromatic carbocycles. The van der Waals surface area contributed by atoms with Crippen LogP contribution in [0.25, 0.3) is 33.4 Å². The molecule has 36 heavy (non-hydrogen) atoms. The van der Waals surface area contributed by atoms with Crippen molar-refractivity contribution in [2.75, 3.05) is 25.0 Å². The Morgan fingerprint density at radius 2 is 1.92 bits per heavy atom. The molecule has 1 atom stereocenters. The van der Waals surface area contributed by atoms with Gasteiger partial charge in [-0.25, -0.2) is 9.97 Å². The van der Waals surface area contributed by atoms with Crippen molar-refractivity contribution in [2.24, 2.45) is 0 Å². The summed E-state index contributed by atoms with van der Waals surface area (Å²) < 4.78 is 0. The zero-order chi connectivity index (χ0) is 24.5. The normalized spacial score (nSPS) is 15.8. The summed E-state index contributed by atoms with van der Waals surface area (Å²) in [5, 5.41) is 14.5. The average Bonchev–Trinajstić information content (AvgIpc) is 3.59. The fraction of sp³-hybridized carbons (Fsp3) is 0.185. The smallest absolute Gasteiger partial charge is 0.270 e. The van der Waals surface area contributed by atoms with E-state index in [9.17, 15) is 4.79 Å². The Balaban J connectivity index is 1.22. The number of hydrogen-bond donors (Lipinski definition) is 4. The molecule has 1 aliphatic rings. The minimum atomic E-state index is 0.0305. The van der Waals surface area contributed by atoms with Crippen LogP contribution in [0.5, 0.6) is 0 Å². The van der Waals surface area contributed by atoms with Crippen LogP contribution < -0.4 is 10.6 Å². The molecule has 0 saturated carbocycles. The number of hydrogen-bond acceptors (Lipinski definition) is 6. The van der Waals surface area contributed by atoms with Gasteiger partial charge in [0.1, 0.15) is 11.5 Å². The molecule has 4 heterocycles. The van der Waals surface area contributed by atoms with E-state index in [4.69, 9.17) is 4.98 Å². The van der Waals surface area contributed by atoms with Crippen LogP contribution >= 0.6 is 0 Å². The summed E-state index contributed by atoms with van der Waals surface area (Å²) in [6.07, 6.45) is 5.40. The Bertz CT molecular complexity index is 1510. The van der Waals surface area contributed by atoms with Gasteiger partial charge in [0.25, 0.3) is 5.91 Å². The van der Waals surface area contributed by atoms with E-state index in [-0.39, 0.29) is 11.9 Å². The number of nitrogens with zero attached hydrogens (tertiary/aromatic N) is 4. The van der Waals surface area contributed by atoms with E-state index in [0.717, 1.165) is 46.4 Å². The number of carbonyl (C=O) groups excluding carboxylic acids is 1. The van der Waals surface area contributed by atoms with Crippen LogP contribution in [0.4, 0.5) is 11.5 Å². The molecule has 0 aliphatic carbocycles. The first-order valence-corrected chi connectivity index (χ1v) is 12.0. The van der Waals surface area contributed by atoms with Crippen molar-refractivity contribution in [3.8, 4) is 22.5 Å². The molecule has 0 unspecified atom stereocenters. The number of anilines is 2. The number of aromatic nitrogens is 5. The van der Waals surface area contributed by atoms with Gasteiger partial charge in [0, 0.05) is 65.8 Å². The molecule has 0 spiro atoms. The molecule has 1 amide bonds. The maximum Gasteiger partial charge on any atom is 0.270 e. The van der Waals surface area contributed by atoms with Gasteiger partial charge in [0.15, 0.2) is 5.82 Å². The van der Waals surface area contributed by atoms with Gasteiger partial charge in [-0.05, 0) is 42.8 Å². The standard InChI is InChI=1S/C27H26N8O/c1-17-14-28-10-11-35(17)27(36)24-12-19-2-3-20(13-23(19)33-24)26-29-9-8-25(34-26)32-22-6-4-18(5-7-22)21-15-30-31-16-21/h2-9,12-13,15-17,28,33H,10-11,14H2,1H3,(H,30,31)(H,29,32,34)/t17-/m1/s1. The highest BCUT2D eigenvalue weighted by Crippen LogP contribution is 2.26. The summed E-state index contributed by atoms with van der Waals surface area (Å²) in [6, 6.07) is 18.0. The van der Waals surface area contributed by atoms with E-state index >= 15 is 0 Å². The monoisotopic (exact) mass is 478 g/mol. The SMILES string of the molecule is C[C@@H]1CNCCN1C(=O)c1cc2ccc(-c3nccc(Nc4ccc(-c5cn[nH]c5)cc4)n3)cc2[nH]1. The number of piperazine rings is 1. The van der Waals surface area contributed by atoms with Gasteiger partial charge in [-0.1, -0.05) is 24.3 Å². The Labute approximate surface area is 208 Å². The van der Waals surface area contributed by atoms with Crippen LogP contribution in [0.1, 0.15) is 17.4 Å². The molecule has 9 heteroatoms.